The van der Waals surface area contributed by atoms with Gasteiger partial charge in [0.15, 0.2) is 0 Å². The molecule has 88 valence electrons. The van der Waals surface area contributed by atoms with E-state index in [4.69, 9.17) is 0 Å². The van der Waals surface area contributed by atoms with Crippen molar-refractivity contribution in [1.29, 1.82) is 0 Å². The molecule has 1 saturated carbocycles. The second kappa shape index (κ2) is 3.54. The van der Waals surface area contributed by atoms with Gasteiger partial charge in [-0.15, -0.1) is 0 Å². The Kier molecular flexibility index (Phi) is 2.44. The average molecular weight is 230 g/mol. The van der Waals surface area contributed by atoms with Crippen molar-refractivity contribution in [3.05, 3.63) is 18.0 Å². The number of aromatic amines is 1. The van der Waals surface area contributed by atoms with Crippen molar-refractivity contribution in [3.63, 3.8) is 0 Å². The first kappa shape index (κ1) is 11.0. The minimum absolute atomic E-state index is 0.0468. The minimum Gasteiger partial charge on any atom is -0.481 e. The van der Waals surface area contributed by atoms with E-state index in [1.807, 2.05) is 0 Å². The van der Waals surface area contributed by atoms with Gasteiger partial charge in [-0.1, -0.05) is 0 Å². The third-order valence-corrected chi connectivity index (χ3v) is 3.30. The van der Waals surface area contributed by atoms with Crippen molar-refractivity contribution < 1.29 is 18.7 Å². The smallest absolute Gasteiger partial charge is 0.314 e. The molecule has 0 radical (unpaired) electrons. The standard InChI is InChI=1S/C10H12F2N2O2/c11-10(12)3-1-9(2-4-10,8(15)16)7-5-13-14-6-7/h5-6H,1-4H2,(H,13,14)(H,15,16). The molecule has 1 aliphatic carbocycles. The number of hydrogen-bond acceptors (Lipinski definition) is 2. The largest absolute Gasteiger partial charge is 0.481 e. The molecule has 1 fully saturated rings. The van der Waals surface area contributed by atoms with Gasteiger partial charge in [0, 0.05) is 24.6 Å². The summed E-state index contributed by atoms with van der Waals surface area (Å²) in [5, 5.41) is 15.5. The molecule has 1 aromatic heterocycles. The fourth-order valence-corrected chi connectivity index (χ4v) is 2.18. The van der Waals surface area contributed by atoms with E-state index in [9.17, 15) is 18.7 Å². The number of aliphatic carboxylic acids is 1. The maximum absolute atomic E-state index is 13.0. The predicted octanol–water partition coefficient (Wildman–Crippen LogP) is 1.94. The Morgan fingerprint density at radius 2 is 2.00 bits per heavy atom. The van der Waals surface area contributed by atoms with Crippen LogP contribution in [0.5, 0.6) is 0 Å². The number of carboxylic acid groups (broad SMARTS) is 1. The molecule has 0 amide bonds. The van der Waals surface area contributed by atoms with Gasteiger partial charge in [0.05, 0.1) is 11.6 Å². The second-order valence-electron chi connectivity index (χ2n) is 4.23. The Hall–Kier alpha value is -1.46. The quantitative estimate of drug-likeness (QED) is 0.815. The van der Waals surface area contributed by atoms with E-state index in [1.165, 1.54) is 12.4 Å². The number of H-pyrrole nitrogens is 1. The molecule has 0 saturated heterocycles. The summed E-state index contributed by atoms with van der Waals surface area (Å²) in [4.78, 5) is 11.3. The zero-order valence-electron chi connectivity index (χ0n) is 8.54. The molecule has 4 nitrogen and oxygen atoms in total. The molecular formula is C10H12F2N2O2. The van der Waals surface area contributed by atoms with Crippen molar-refractivity contribution in [3.8, 4) is 0 Å². The van der Waals surface area contributed by atoms with E-state index in [1.54, 1.807) is 0 Å². The Morgan fingerprint density at radius 3 is 2.44 bits per heavy atom. The van der Waals surface area contributed by atoms with Gasteiger partial charge >= 0.3 is 5.97 Å². The normalized spacial score (nSPS) is 22.9. The van der Waals surface area contributed by atoms with Crippen LogP contribution >= 0.6 is 0 Å². The summed E-state index contributed by atoms with van der Waals surface area (Å²) >= 11 is 0. The number of rotatable bonds is 2. The lowest BCUT2D eigenvalue weighted by Gasteiger charge is -2.35. The van der Waals surface area contributed by atoms with Crippen molar-refractivity contribution >= 4 is 5.97 Å². The molecule has 16 heavy (non-hydrogen) atoms. The van der Waals surface area contributed by atoms with Gasteiger partial charge in [0.25, 0.3) is 0 Å². The highest BCUT2D eigenvalue weighted by Gasteiger charge is 2.49. The molecule has 0 bridgehead atoms. The fraction of sp³-hybridized carbons (Fsp3) is 0.600. The Morgan fingerprint density at radius 1 is 1.38 bits per heavy atom. The van der Waals surface area contributed by atoms with E-state index in [2.05, 4.69) is 10.2 Å². The number of carboxylic acids is 1. The molecule has 1 aromatic rings. The zero-order valence-corrected chi connectivity index (χ0v) is 8.54. The Bertz CT molecular complexity index is 380. The van der Waals surface area contributed by atoms with Crippen molar-refractivity contribution in [1.82, 2.24) is 10.2 Å². The Labute approximate surface area is 90.7 Å². The average Bonchev–Trinajstić information content (AvgIpc) is 2.71. The van der Waals surface area contributed by atoms with Gasteiger partial charge in [-0.3, -0.25) is 9.89 Å². The summed E-state index contributed by atoms with van der Waals surface area (Å²) in [7, 11) is 0. The third-order valence-electron chi connectivity index (χ3n) is 3.30. The molecule has 1 heterocycles. The second-order valence-corrected chi connectivity index (χ2v) is 4.23. The number of nitrogens with zero attached hydrogens (tertiary/aromatic N) is 1. The molecule has 0 aliphatic heterocycles. The molecule has 2 rings (SSSR count). The van der Waals surface area contributed by atoms with Crippen LogP contribution in [-0.4, -0.2) is 27.2 Å². The van der Waals surface area contributed by atoms with Crippen LogP contribution < -0.4 is 0 Å². The van der Waals surface area contributed by atoms with Gasteiger partial charge in [-0.2, -0.15) is 5.10 Å². The monoisotopic (exact) mass is 230 g/mol. The van der Waals surface area contributed by atoms with Crippen molar-refractivity contribution in [2.24, 2.45) is 0 Å². The number of alkyl halides is 2. The maximum atomic E-state index is 13.0. The van der Waals surface area contributed by atoms with Crippen LogP contribution in [-0.2, 0) is 10.2 Å². The summed E-state index contributed by atoms with van der Waals surface area (Å²) < 4.78 is 26.1. The highest BCUT2D eigenvalue weighted by atomic mass is 19.3. The maximum Gasteiger partial charge on any atom is 0.314 e. The van der Waals surface area contributed by atoms with Gasteiger partial charge < -0.3 is 5.11 Å². The van der Waals surface area contributed by atoms with E-state index < -0.39 is 17.3 Å². The molecule has 2 N–H and O–H groups in total. The van der Waals surface area contributed by atoms with Crippen molar-refractivity contribution in [2.75, 3.05) is 0 Å². The third kappa shape index (κ3) is 1.68. The van der Waals surface area contributed by atoms with Crippen LogP contribution in [0.15, 0.2) is 12.4 Å². The van der Waals surface area contributed by atoms with E-state index in [0.717, 1.165) is 0 Å². The van der Waals surface area contributed by atoms with Crippen LogP contribution in [0.1, 0.15) is 31.2 Å². The molecule has 0 spiro atoms. The minimum atomic E-state index is -2.73. The van der Waals surface area contributed by atoms with Gasteiger partial charge in [0.1, 0.15) is 0 Å². The number of nitrogens with one attached hydrogen (secondary N) is 1. The SMILES string of the molecule is O=C(O)C1(c2cn[nH]c2)CCC(F)(F)CC1. The molecule has 0 unspecified atom stereocenters. The lowest BCUT2D eigenvalue weighted by Crippen LogP contribution is -2.42. The summed E-state index contributed by atoms with van der Waals surface area (Å²) in [6.07, 6.45) is 2.01. The first-order chi connectivity index (χ1) is 7.46. The van der Waals surface area contributed by atoms with Crippen LogP contribution in [0.2, 0.25) is 0 Å². The van der Waals surface area contributed by atoms with Crippen LogP contribution in [0.3, 0.4) is 0 Å². The lowest BCUT2D eigenvalue weighted by atomic mass is 9.69. The summed E-state index contributed by atoms with van der Waals surface area (Å²) in [5.41, 5.74) is -0.718. The first-order valence-corrected chi connectivity index (χ1v) is 5.07. The highest BCUT2D eigenvalue weighted by Crippen LogP contribution is 2.45. The summed E-state index contributed by atoms with van der Waals surface area (Å²) in [6, 6.07) is 0. The molecule has 0 atom stereocenters. The summed E-state index contributed by atoms with van der Waals surface area (Å²) in [5.74, 6) is -3.78. The zero-order chi connectivity index (χ0) is 11.8. The van der Waals surface area contributed by atoms with Crippen molar-refractivity contribution in [2.45, 2.75) is 37.0 Å². The van der Waals surface area contributed by atoms with E-state index in [0.29, 0.717) is 5.56 Å². The van der Waals surface area contributed by atoms with Crippen LogP contribution in [0, 0.1) is 0 Å². The highest BCUT2D eigenvalue weighted by molar-refractivity contribution is 5.81. The number of hydrogen-bond donors (Lipinski definition) is 2. The van der Waals surface area contributed by atoms with Crippen LogP contribution in [0.25, 0.3) is 0 Å². The predicted molar refractivity (Wildman–Crippen MR) is 51.3 cm³/mol. The van der Waals surface area contributed by atoms with E-state index >= 15 is 0 Å². The molecular weight excluding hydrogens is 218 g/mol. The lowest BCUT2D eigenvalue weighted by molar-refractivity contribution is -0.149. The number of carbonyl (C=O) groups is 1. The molecule has 1 aliphatic rings. The topological polar surface area (TPSA) is 66.0 Å². The fourth-order valence-electron chi connectivity index (χ4n) is 2.18. The molecule has 6 heteroatoms. The van der Waals surface area contributed by atoms with Gasteiger partial charge in [-0.25, -0.2) is 8.78 Å². The number of halogens is 2. The number of aromatic nitrogens is 2. The van der Waals surface area contributed by atoms with Gasteiger partial charge in [-0.05, 0) is 12.8 Å². The van der Waals surface area contributed by atoms with Crippen LogP contribution in [0.4, 0.5) is 8.78 Å². The van der Waals surface area contributed by atoms with E-state index in [-0.39, 0.29) is 25.7 Å². The first-order valence-electron chi connectivity index (χ1n) is 5.07. The Balaban J connectivity index is 2.30. The van der Waals surface area contributed by atoms with Gasteiger partial charge in [0.2, 0.25) is 5.92 Å². The molecule has 0 aromatic carbocycles. The summed E-state index contributed by atoms with van der Waals surface area (Å²) in [6.45, 7) is 0.